The lowest BCUT2D eigenvalue weighted by atomic mass is 9.49. The highest BCUT2D eigenvalue weighted by atomic mass is 16.5. The molecule has 0 aliphatic heterocycles. The van der Waals surface area contributed by atoms with E-state index in [-0.39, 0.29) is 6.09 Å². The first kappa shape index (κ1) is 10.4. The van der Waals surface area contributed by atoms with Crippen LogP contribution < -0.4 is 5.32 Å². The van der Waals surface area contributed by atoms with Gasteiger partial charge in [0.05, 0.1) is 7.11 Å². The van der Waals surface area contributed by atoms with Crippen molar-refractivity contribution < 1.29 is 9.53 Å². The van der Waals surface area contributed by atoms with Crippen LogP contribution in [0.2, 0.25) is 0 Å². The maximum absolute atomic E-state index is 11.2. The smallest absolute Gasteiger partial charge is 0.406 e. The highest BCUT2D eigenvalue weighted by Crippen LogP contribution is 2.59. The van der Waals surface area contributed by atoms with Crippen LogP contribution in [0.3, 0.4) is 0 Å². The number of rotatable bonds is 2. The van der Waals surface area contributed by atoms with Crippen LogP contribution in [0.4, 0.5) is 4.79 Å². The fourth-order valence-electron chi connectivity index (χ4n) is 4.84. The van der Waals surface area contributed by atoms with Crippen LogP contribution in [0.1, 0.15) is 38.5 Å². The molecule has 0 aromatic heterocycles. The van der Waals surface area contributed by atoms with Crippen LogP contribution in [0.25, 0.3) is 0 Å². The van der Waals surface area contributed by atoms with E-state index in [1.165, 1.54) is 45.6 Å². The number of amides is 1. The van der Waals surface area contributed by atoms with Gasteiger partial charge in [0.2, 0.25) is 0 Å². The Bertz CT molecular complexity index is 265. The average molecular weight is 223 g/mol. The summed E-state index contributed by atoms with van der Waals surface area (Å²) >= 11 is 0. The summed E-state index contributed by atoms with van der Waals surface area (Å²) in [6.45, 7) is 0.836. The van der Waals surface area contributed by atoms with Gasteiger partial charge < -0.3 is 10.1 Å². The largest absolute Gasteiger partial charge is 0.453 e. The fraction of sp³-hybridized carbons (Fsp3) is 0.923. The molecule has 4 bridgehead atoms. The maximum atomic E-state index is 11.2. The van der Waals surface area contributed by atoms with Crippen molar-refractivity contribution >= 4 is 6.09 Å². The maximum Gasteiger partial charge on any atom is 0.406 e. The zero-order chi connectivity index (χ0) is 11.2. The molecule has 4 aliphatic carbocycles. The molecule has 4 rings (SSSR count). The van der Waals surface area contributed by atoms with E-state index >= 15 is 0 Å². The van der Waals surface area contributed by atoms with E-state index < -0.39 is 0 Å². The molecule has 4 aliphatic rings. The molecule has 0 spiro atoms. The Morgan fingerprint density at radius 1 is 1.19 bits per heavy atom. The molecule has 0 saturated heterocycles. The van der Waals surface area contributed by atoms with Crippen LogP contribution in [-0.2, 0) is 4.74 Å². The molecule has 16 heavy (non-hydrogen) atoms. The van der Waals surface area contributed by atoms with Gasteiger partial charge in [0.25, 0.3) is 0 Å². The van der Waals surface area contributed by atoms with Crippen molar-refractivity contribution in [3.05, 3.63) is 0 Å². The minimum absolute atomic E-state index is 0.268. The van der Waals surface area contributed by atoms with Crippen molar-refractivity contribution in [2.45, 2.75) is 38.5 Å². The van der Waals surface area contributed by atoms with Gasteiger partial charge in [-0.3, -0.25) is 0 Å². The predicted octanol–water partition coefficient (Wildman–Crippen LogP) is 2.56. The lowest BCUT2D eigenvalue weighted by molar-refractivity contribution is -0.0506. The number of methoxy groups -OCH3 is 1. The second-order valence-electron chi connectivity index (χ2n) is 6.26. The molecule has 0 aromatic rings. The summed E-state index contributed by atoms with van der Waals surface area (Å²) in [5.41, 5.74) is 0.420. The van der Waals surface area contributed by atoms with Crippen LogP contribution in [0.15, 0.2) is 0 Å². The topological polar surface area (TPSA) is 38.3 Å². The Kier molecular flexibility index (Phi) is 2.37. The lowest BCUT2D eigenvalue weighted by Crippen LogP contribution is -2.51. The molecule has 0 radical (unpaired) electrons. The number of hydrogen-bond donors (Lipinski definition) is 1. The SMILES string of the molecule is COC(=O)NCC12CC3CC(CC(C3)C1)C2. The minimum atomic E-state index is -0.268. The van der Waals surface area contributed by atoms with Crippen molar-refractivity contribution in [1.82, 2.24) is 5.32 Å². The Hall–Kier alpha value is -0.730. The zero-order valence-corrected chi connectivity index (χ0v) is 10.00. The first-order valence-electron chi connectivity index (χ1n) is 6.51. The second-order valence-corrected chi connectivity index (χ2v) is 6.26. The minimum Gasteiger partial charge on any atom is -0.453 e. The molecular weight excluding hydrogens is 202 g/mol. The lowest BCUT2D eigenvalue weighted by Gasteiger charge is -2.56. The van der Waals surface area contributed by atoms with Gasteiger partial charge >= 0.3 is 6.09 Å². The molecule has 90 valence electrons. The molecule has 4 saturated carbocycles. The van der Waals surface area contributed by atoms with Gasteiger partial charge in [0, 0.05) is 6.54 Å². The summed E-state index contributed by atoms with van der Waals surface area (Å²) in [5.74, 6) is 2.85. The highest BCUT2D eigenvalue weighted by molar-refractivity contribution is 5.66. The quantitative estimate of drug-likeness (QED) is 0.781. The van der Waals surface area contributed by atoms with Gasteiger partial charge in [-0.1, -0.05) is 0 Å². The van der Waals surface area contributed by atoms with Crippen LogP contribution in [-0.4, -0.2) is 19.7 Å². The molecule has 0 aromatic carbocycles. The van der Waals surface area contributed by atoms with Gasteiger partial charge in [-0.2, -0.15) is 0 Å². The molecule has 4 fully saturated rings. The predicted molar refractivity (Wildman–Crippen MR) is 61.0 cm³/mol. The molecule has 1 amide bonds. The third-order valence-electron chi connectivity index (χ3n) is 4.96. The number of carbonyl (C=O) groups excluding carboxylic acids is 1. The van der Waals surface area contributed by atoms with Gasteiger partial charge in [-0.25, -0.2) is 4.79 Å². The van der Waals surface area contributed by atoms with Crippen molar-refractivity contribution in [3.63, 3.8) is 0 Å². The third-order valence-corrected chi connectivity index (χ3v) is 4.96. The Morgan fingerprint density at radius 3 is 2.12 bits per heavy atom. The third kappa shape index (κ3) is 1.70. The number of ether oxygens (including phenoxy) is 1. The van der Waals surface area contributed by atoms with Crippen molar-refractivity contribution in [2.24, 2.45) is 23.2 Å². The van der Waals surface area contributed by atoms with Gasteiger partial charge in [0.1, 0.15) is 0 Å². The van der Waals surface area contributed by atoms with E-state index in [1.54, 1.807) is 0 Å². The molecule has 3 heteroatoms. The Balaban J connectivity index is 1.67. The molecule has 0 atom stereocenters. The normalized spacial score (nSPS) is 44.4. The summed E-state index contributed by atoms with van der Waals surface area (Å²) in [6, 6.07) is 0. The van der Waals surface area contributed by atoms with E-state index in [0.29, 0.717) is 5.41 Å². The van der Waals surface area contributed by atoms with E-state index in [1.807, 2.05) is 0 Å². The van der Waals surface area contributed by atoms with Crippen molar-refractivity contribution in [3.8, 4) is 0 Å². The van der Waals surface area contributed by atoms with E-state index in [2.05, 4.69) is 10.1 Å². The second kappa shape index (κ2) is 3.64. The van der Waals surface area contributed by atoms with E-state index in [4.69, 9.17) is 0 Å². The number of nitrogens with one attached hydrogen (secondary N) is 1. The number of alkyl carbamates (subject to hydrolysis) is 1. The van der Waals surface area contributed by atoms with Gasteiger partial charge in [-0.05, 0) is 61.7 Å². The summed E-state index contributed by atoms with van der Waals surface area (Å²) in [6.07, 6.45) is 8.11. The molecule has 1 N–H and O–H groups in total. The zero-order valence-electron chi connectivity index (χ0n) is 10.00. The van der Waals surface area contributed by atoms with Crippen LogP contribution in [0.5, 0.6) is 0 Å². The average Bonchev–Trinajstić information content (AvgIpc) is 2.24. The molecule has 0 unspecified atom stereocenters. The fourth-order valence-corrected chi connectivity index (χ4v) is 4.84. The monoisotopic (exact) mass is 223 g/mol. The standard InChI is InChI=1S/C13H21NO2/c1-16-12(15)14-8-13-5-9-2-10(6-13)4-11(3-9)7-13/h9-11H,2-8H2,1H3,(H,14,15). The van der Waals surface area contributed by atoms with Crippen molar-refractivity contribution in [2.75, 3.05) is 13.7 Å². The summed E-state index contributed by atoms with van der Waals surface area (Å²) in [7, 11) is 1.44. The van der Waals surface area contributed by atoms with Gasteiger partial charge in [-0.15, -0.1) is 0 Å². The van der Waals surface area contributed by atoms with Gasteiger partial charge in [0.15, 0.2) is 0 Å². The summed E-state index contributed by atoms with van der Waals surface area (Å²) in [5, 5.41) is 2.93. The molecule has 0 heterocycles. The first-order chi connectivity index (χ1) is 7.69. The van der Waals surface area contributed by atoms with Crippen LogP contribution in [0, 0.1) is 23.2 Å². The summed E-state index contributed by atoms with van der Waals surface area (Å²) in [4.78, 5) is 11.2. The van der Waals surface area contributed by atoms with Crippen molar-refractivity contribution in [1.29, 1.82) is 0 Å². The first-order valence-corrected chi connectivity index (χ1v) is 6.51. The number of hydrogen-bond acceptors (Lipinski definition) is 2. The number of carbonyl (C=O) groups is 1. The Labute approximate surface area is 96.9 Å². The van der Waals surface area contributed by atoms with E-state index in [9.17, 15) is 4.79 Å². The Morgan fingerprint density at radius 2 is 1.69 bits per heavy atom. The highest BCUT2D eigenvalue weighted by Gasteiger charge is 2.50. The summed E-state index contributed by atoms with van der Waals surface area (Å²) < 4.78 is 4.66. The van der Waals surface area contributed by atoms with E-state index in [0.717, 1.165) is 24.3 Å². The van der Waals surface area contributed by atoms with Crippen LogP contribution >= 0.6 is 0 Å². The molecule has 3 nitrogen and oxygen atoms in total. The molecular formula is C13H21NO2.